The summed E-state index contributed by atoms with van der Waals surface area (Å²) in [6.45, 7) is 9.76. The number of unbranched alkanes of at least 4 members (excludes halogenated alkanes) is 24. The number of ether oxygens (including phenoxy) is 8. The number of rotatable bonds is 33. The van der Waals surface area contributed by atoms with E-state index >= 15 is 4.79 Å². The number of esters is 4. The first-order chi connectivity index (χ1) is 42.3. The van der Waals surface area contributed by atoms with Crippen LogP contribution in [0, 0.1) is 13.8 Å². The Morgan fingerprint density at radius 1 is 0.655 bits per heavy atom. The quantitative estimate of drug-likeness (QED) is 0.0296. The van der Waals surface area contributed by atoms with E-state index in [1.54, 1.807) is 13.2 Å². The molecule has 3 aromatic carbocycles. The fraction of sp³-hybridized carbons (Fsp3) is 0.686. The fourth-order valence-electron chi connectivity index (χ4n) is 14.7. The lowest BCUT2D eigenvalue weighted by molar-refractivity contribution is -0.164. The van der Waals surface area contributed by atoms with Crippen molar-refractivity contribution < 1.29 is 62.2 Å². The summed E-state index contributed by atoms with van der Waals surface area (Å²) in [5.41, 5.74) is 4.32. The van der Waals surface area contributed by atoms with E-state index in [1.807, 2.05) is 24.8 Å². The Morgan fingerprint density at radius 2 is 1.23 bits per heavy atom. The standard InChI is InChI=1S/C70H101N3O13S/c1-8-10-12-14-16-18-20-22-24-26-28-30-32-34-55(75)85-54-40-48-36-37-71-70(50(48)41-53(54)79-6)43-87-67-59-58(65-64(82-44-83-65)46(4)63(59)84-47(5)74)52(42-81-69(70)78)73-61(67)60-57-49(39-51(72-60)68(73)77)38-45(3)62(80-7)66(57)86-56(76)35-33-31-29-27-25-23-21-19-17-15-13-11-9-2/h38,40-41,51-52,60-61,67-68,71-72,77H,8-37,39,42-44H2,1-7H3/t51-,52-,60-,61?,67-,68+,70-/m1/s1. The fourth-order valence-corrected chi connectivity index (χ4v) is 16.4. The molecule has 7 atom stereocenters. The summed E-state index contributed by atoms with van der Waals surface area (Å²) in [5.74, 6) is 0.961. The second-order valence-corrected chi connectivity index (χ2v) is 26.5. The van der Waals surface area contributed by atoms with E-state index in [0.717, 1.165) is 60.8 Å². The van der Waals surface area contributed by atoms with E-state index in [0.29, 0.717) is 88.3 Å². The minimum atomic E-state index is -1.44. The SMILES string of the molecule is CCCCCCCCCCCCCCCC(=O)Oc1cc2c(cc1OC)[C@@]1(CS[C@@H]3c4c(OC(C)=O)c(C)c5c(c4[C@@H](COC1=O)N1C3[C@@H]3N[C@H](Cc4cc(C)c(OC)c(OC(=O)CCCCCCCCCCCCCCC)c43)[C@@H]1O)OCO5)NCC2. The molecular weight excluding hydrogens is 1120 g/mol. The molecule has 0 aromatic heterocycles. The second kappa shape index (κ2) is 32.1. The summed E-state index contributed by atoms with van der Waals surface area (Å²) in [5, 5.41) is 19.7. The maximum atomic E-state index is 15.4. The van der Waals surface area contributed by atoms with Crippen molar-refractivity contribution in [1.29, 1.82) is 0 Å². The van der Waals surface area contributed by atoms with Crippen LogP contribution >= 0.6 is 11.8 Å². The van der Waals surface area contributed by atoms with Crippen molar-refractivity contribution in [3.8, 4) is 40.2 Å². The van der Waals surface area contributed by atoms with Gasteiger partial charge in [-0.05, 0) is 73.9 Å². The molecule has 7 aliphatic heterocycles. The maximum absolute atomic E-state index is 15.4. The highest BCUT2D eigenvalue weighted by molar-refractivity contribution is 7.99. The number of benzene rings is 3. The number of piperazine rings is 1. The lowest BCUT2D eigenvalue weighted by Crippen LogP contribution is -2.70. The van der Waals surface area contributed by atoms with Gasteiger partial charge in [0.05, 0.1) is 37.6 Å². The van der Waals surface area contributed by atoms with Crippen molar-refractivity contribution in [3.63, 3.8) is 0 Å². The van der Waals surface area contributed by atoms with Crippen molar-refractivity contribution in [2.45, 2.75) is 268 Å². The number of fused-ring (bicyclic) bond motifs is 9. The van der Waals surface area contributed by atoms with Gasteiger partial charge in [0.2, 0.25) is 6.79 Å². The number of methoxy groups -OCH3 is 2. The van der Waals surface area contributed by atoms with Gasteiger partial charge in [-0.15, -0.1) is 11.8 Å². The van der Waals surface area contributed by atoms with Crippen LogP contribution in [0.5, 0.6) is 40.2 Å². The van der Waals surface area contributed by atoms with E-state index in [9.17, 15) is 19.5 Å². The van der Waals surface area contributed by atoms with Gasteiger partial charge in [-0.3, -0.25) is 24.6 Å². The number of hydrogen-bond donors (Lipinski definition) is 3. The third-order valence-corrected chi connectivity index (χ3v) is 20.6. The summed E-state index contributed by atoms with van der Waals surface area (Å²) in [4.78, 5) is 58.4. The molecule has 7 aliphatic rings. The molecule has 1 unspecified atom stereocenters. The number of hydrogen-bond acceptors (Lipinski definition) is 17. The number of carbonyl (C=O) groups is 4. The van der Waals surface area contributed by atoms with Gasteiger partial charge < -0.3 is 48.3 Å². The van der Waals surface area contributed by atoms with Gasteiger partial charge in [0.15, 0.2) is 40.0 Å². The average Bonchev–Trinajstić information content (AvgIpc) is 1.44. The number of thioether (sulfide) groups is 1. The number of aliphatic hydroxyl groups excluding tert-OH is 1. The Labute approximate surface area is 522 Å². The highest BCUT2D eigenvalue weighted by atomic mass is 32.2. The van der Waals surface area contributed by atoms with Crippen molar-refractivity contribution in [2.75, 3.05) is 39.9 Å². The zero-order valence-corrected chi connectivity index (χ0v) is 54.3. The molecule has 0 saturated carbocycles. The molecule has 7 heterocycles. The molecule has 480 valence electrons. The van der Waals surface area contributed by atoms with Gasteiger partial charge in [-0.1, -0.05) is 174 Å². The molecule has 0 radical (unpaired) electrons. The van der Waals surface area contributed by atoms with E-state index in [1.165, 1.54) is 148 Å². The topological polar surface area (TPSA) is 190 Å². The Morgan fingerprint density at radius 3 is 1.80 bits per heavy atom. The largest absolute Gasteiger partial charge is 0.493 e. The first kappa shape index (κ1) is 66.4. The van der Waals surface area contributed by atoms with Crippen LogP contribution in [0.1, 0.15) is 262 Å². The van der Waals surface area contributed by atoms with Crippen LogP contribution in [0.15, 0.2) is 18.2 Å². The number of aryl methyl sites for hydroxylation is 1. The molecule has 16 nitrogen and oxygen atoms in total. The first-order valence-corrected chi connectivity index (χ1v) is 34.6. The van der Waals surface area contributed by atoms with Gasteiger partial charge in [0.1, 0.15) is 18.6 Å². The number of aliphatic hydroxyl groups is 1. The predicted octanol–water partition coefficient (Wildman–Crippen LogP) is 14.4. The van der Waals surface area contributed by atoms with E-state index in [-0.39, 0.29) is 43.9 Å². The molecule has 0 amide bonds. The third kappa shape index (κ3) is 15.4. The van der Waals surface area contributed by atoms with Crippen molar-refractivity contribution >= 4 is 35.6 Å². The molecule has 2 fully saturated rings. The molecule has 87 heavy (non-hydrogen) atoms. The Balaban J connectivity index is 0.977. The lowest BCUT2D eigenvalue weighted by atomic mass is 9.74. The molecule has 1 spiro atoms. The van der Waals surface area contributed by atoms with Crippen LogP contribution in [0.3, 0.4) is 0 Å². The van der Waals surface area contributed by atoms with E-state index in [2.05, 4.69) is 30.5 Å². The van der Waals surface area contributed by atoms with Crippen LogP contribution in [0.4, 0.5) is 0 Å². The molecule has 3 N–H and O–H groups in total. The Kier molecular flexibility index (Phi) is 24.5. The van der Waals surface area contributed by atoms with Crippen LogP contribution < -0.4 is 43.8 Å². The summed E-state index contributed by atoms with van der Waals surface area (Å²) >= 11 is 1.48. The van der Waals surface area contributed by atoms with Gasteiger partial charge in [-0.25, -0.2) is 4.79 Å². The van der Waals surface area contributed by atoms with Crippen LogP contribution in [-0.2, 0) is 42.3 Å². The lowest BCUT2D eigenvalue weighted by Gasteiger charge is -2.59. The van der Waals surface area contributed by atoms with Crippen molar-refractivity contribution in [1.82, 2.24) is 15.5 Å². The monoisotopic (exact) mass is 1220 g/mol. The molecule has 17 heteroatoms. The van der Waals surface area contributed by atoms with Crippen LogP contribution in [-0.4, -0.2) is 92.1 Å². The number of nitrogens with one attached hydrogen (secondary N) is 2. The summed E-state index contributed by atoms with van der Waals surface area (Å²) in [6.07, 6.45) is 31.7. The van der Waals surface area contributed by atoms with Crippen molar-refractivity contribution in [3.05, 3.63) is 62.7 Å². The second-order valence-electron chi connectivity index (χ2n) is 25.4. The summed E-state index contributed by atoms with van der Waals surface area (Å²) < 4.78 is 50.2. The van der Waals surface area contributed by atoms with Crippen LogP contribution in [0.25, 0.3) is 0 Å². The van der Waals surface area contributed by atoms with Gasteiger partial charge in [0, 0.05) is 60.4 Å². The molecule has 10 rings (SSSR count). The molecule has 4 bridgehead atoms. The average molecular weight is 1220 g/mol. The zero-order valence-electron chi connectivity index (χ0n) is 53.4. The number of carbonyl (C=O) groups excluding carboxylic acids is 4. The van der Waals surface area contributed by atoms with E-state index < -0.39 is 53.1 Å². The third-order valence-electron chi connectivity index (χ3n) is 19.1. The normalized spacial score (nSPS) is 22.4. The highest BCUT2D eigenvalue weighted by Crippen LogP contribution is 2.63. The minimum absolute atomic E-state index is 0.0851. The van der Waals surface area contributed by atoms with Crippen LogP contribution in [0.2, 0.25) is 0 Å². The summed E-state index contributed by atoms with van der Waals surface area (Å²) in [7, 11) is 3.12. The summed E-state index contributed by atoms with van der Waals surface area (Å²) in [6, 6.07) is 3.11. The predicted molar refractivity (Wildman–Crippen MR) is 339 cm³/mol. The van der Waals surface area contributed by atoms with E-state index in [4.69, 9.17) is 37.9 Å². The minimum Gasteiger partial charge on any atom is -0.493 e. The molecule has 2 saturated heterocycles. The number of nitrogens with zero attached hydrogens (tertiary/aromatic N) is 1. The molecule has 3 aromatic rings. The Bertz CT molecular complexity index is 2840. The van der Waals surface area contributed by atoms with Crippen molar-refractivity contribution in [2.24, 2.45) is 0 Å². The molecule has 0 aliphatic carbocycles. The maximum Gasteiger partial charge on any atom is 0.331 e. The van der Waals surface area contributed by atoms with Gasteiger partial charge >= 0.3 is 23.9 Å². The Hall–Kier alpha value is -5.07. The highest BCUT2D eigenvalue weighted by Gasteiger charge is 2.60. The molecular formula is C70H101N3O13S. The first-order valence-electron chi connectivity index (χ1n) is 33.6. The van der Waals surface area contributed by atoms with Gasteiger partial charge in [-0.2, -0.15) is 0 Å². The van der Waals surface area contributed by atoms with Gasteiger partial charge in [0.25, 0.3) is 0 Å². The zero-order chi connectivity index (χ0) is 61.5. The smallest absolute Gasteiger partial charge is 0.331 e.